The minimum Gasteiger partial charge on any atom is -0.491 e. The fourth-order valence-corrected chi connectivity index (χ4v) is 4.41. The Bertz CT molecular complexity index is 1500. The topological polar surface area (TPSA) is 142 Å². The van der Waals surface area contributed by atoms with E-state index >= 15 is 0 Å². The predicted molar refractivity (Wildman–Crippen MR) is 142 cm³/mol. The molecule has 4 aromatic rings. The van der Waals surface area contributed by atoms with E-state index in [4.69, 9.17) is 26.5 Å². The van der Waals surface area contributed by atoms with Gasteiger partial charge in [0.15, 0.2) is 0 Å². The SMILES string of the molecule is CC(C)(O)COc1ccc(-c2c(C#N)c(N)nc(SCc3coc(-c4ccc(Cl)cc4)n3)c2C#N)cc1. The summed E-state index contributed by atoms with van der Waals surface area (Å²) < 4.78 is 11.2. The maximum atomic E-state index is 10.0. The van der Waals surface area contributed by atoms with Crippen molar-refractivity contribution in [3.05, 3.63) is 76.6 Å². The van der Waals surface area contributed by atoms with Crippen LogP contribution in [-0.2, 0) is 5.75 Å². The van der Waals surface area contributed by atoms with E-state index in [1.165, 1.54) is 11.8 Å². The van der Waals surface area contributed by atoms with E-state index in [-0.39, 0.29) is 23.6 Å². The Morgan fingerprint density at radius 1 is 1.03 bits per heavy atom. The largest absolute Gasteiger partial charge is 0.491 e. The molecule has 0 atom stereocenters. The summed E-state index contributed by atoms with van der Waals surface area (Å²) in [7, 11) is 0. The number of nitriles is 2. The van der Waals surface area contributed by atoms with Crippen LogP contribution in [0.2, 0.25) is 5.02 Å². The number of rotatable bonds is 8. The Balaban J connectivity index is 1.61. The van der Waals surface area contributed by atoms with Gasteiger partial charge in [0.2, 0.25) is 5.89 Å². The third kappa shape index (κ3) is 6.22. The zero-order valence-corrected chi connectivity index (χ0v) is 21.6. The van der Waals surface area contributed by atoms with Crippen molar-refractivity contribution >= 4 is 29.2 Å². The van der Waals surface area contributed by atoms with Crippen molar-refractivity contribution in [1.82, 2.24) is 9.97 Å². The fourth-order valence-electron chi connectivity index (χ4n) is 3.41. The normalized spacial score (nSPS) is 11.1. The highest BCUT2D eigenvalue weighted by Crippen LogP contribution is 2.37. The van der Waals surface area contributed by atoms with Gasteiger partial charge < -0.3 is 20.0 Å². The summed E-state index contributed by atoms with van der Waals surface area (Å²) in [5, 5.41) is 30.7. The Kier molecular flexibility index (Phi) is 7.70. The van der Waals surface area contributed by atoms with Gasteiger partial charge >= 0.3 is 0 Å². The Hall–Kier alpha value is -4.02. The monoisotopic (exact) mass is 531 g/mol. The number of nitrogen functional groups attached to an aromatic ring is 1. The van der Waals surface area contributed by atoms with Crippen LogP contribution in [-0.4, -0.2) is 27.3 Å². The standard InChI is InChI=1S/C27H22ClN5O3S/c1-27(2,34)15-36-20-9-5-16(6-10-20)23-21(11-29)24(31)33-26(22(23)12-30)37-14-19-13-35-25(32-19)17-3-7-18(28)8-4-17/h3-10,13,34H,14-15H2,1-2H3,(H2,31,33). The van der Waals surface area contributed by atoms with Crippen molar-refractivity contribution in [3.63, 3.8) is 0 Å². The van der Waals surface area contributed by atoms with Crippen LogP contribution in [0.15, 0.2) is 64.2 Å². The van der Waals surface area contributed by atoms with Gasteiger partial charge in [-0.3, -0.25) is 0 Å². The van der Waals surface area contributed by atoms with E-state index < -0.39 is 5.60 Å². The van der Waals surface area contributed by atoms with Crippen LogP contribution in [0.25, 0.3) is 22.6 Å². The molecule has 0 amide bonds. The molecule has 0 radical (unpaired) electrons. The number of oxazole rings is 1. The number of anilines is 1. The second kappa shape index (κ2) is 10.9. The molecule has 0 aliphatic rings. The third-order valence-corrected chi connectivity index (χ3v) is 6.41. The van der Waals surface area contributed by atoms with Gasteiger partial charge in [-0.25, -0.2) is 9.97 Å². The minimum atomic E-state index is -0.980. The van der Waals surface area contributed by atoms with Crippen molar-refractivity contribution in [2.24, 2.45) is 0 Å². The van der Waals surface area contributed by atoms with E-state index in [0.29, 0.717) is 44.3 Å². The first kappa shape index (κ1) is 26.1. The number of nitrogens with zero attached hydrogens (tertiary/aromatic N) is 4. The molecule has 37 heavy (non-hydrogen) atoms. The summed E-state index contributed by atoms with van der Waals surface area (Å²) in [6, 6.07) is 18.3. The number of nitrogens with two attached hydrogens (primary N) is 1. The molecule has 0 bridgehead atoms. The third-order valence-electron chi connectivity index (χ3n) is 5.15. The lowest BCUT2D eigenvalue weighted by Crippen LogP contribution is -2.27. The molecule has 0 fully saturated rings. The molecule has 3 N–H and O–H groups in total. The molecule has 10 heteroatoms. The highest BCUT2D eigenvalue weighted by Gasteiger charge is 2.21. The number of aromatic nitrogens is 2. The summed E-state index contributed by atoms with van der Waals surface area (Å²) in [4.78, 5) is 8.84. The highest BCUT2D eigenvalue weighted by molar-refractivity contribution is 7.98. The summed E-state index contributed by atoms with van der Waals surface area (Å²) in [5.41, 5.74) is 7.96. The van der Waals surface area contributed by atoms with Gasteiger partial charge in [0, 0.05) is 21.9 Å². The highest BCUT2D eigenvalue weighted by atomic mass is 35.5. The average Bonchev–Trinajstić information content (AvgIpc) is 3.35. The molecular weight excluding hydrogens is 510 g/mol. The number of ether oxygens (including phenoxy) is 1. The smallest absolute Gasteiger partial charge is 0.226 e. The number of halogens is 1. The maximum Gasteiger partial charge on any atom is 0.226 e. The molecule has 2 aromatic heterocycles. The molecule has 186 valence electrons. The van der Waals surface area contributed by atoms with Gasteiger partial charge in [-0.1, -0.05) is 35.5 Å². The molecule has 8 nitrogen and oxygen atoms in total. The molecule has 2 heterocycles. The van der Waals surface area contributed by atoms with Gasteiger partial charge in [0.05, 0.1) is 16.9 Å². The molecule has 0 spiro atoms. The van der Waals surface area contributed by atoms with Crippen LogP contribution in [0.3, 0.4) is 0 Å². The molecule has 2 aromatic carbocycles. The number of thioether (sulfide) groups is 1. The first-order valence-corrected chi connectivity index (χ1v) is 12.5. The summed E-state index contributed by atoms with van der Waals surface area (Å²) >= 11 is 7.22. The number of benzene rings is 2. The molecule has 0 aliphatic carbocycles. The van der Waals surface area contributed by atoms with Gasteiger partial charge in [0.1, 0.15) is 47.2 Å². The predicted octanol–water partition coefficient (Wildman–Crippen LogP) is 5.82. The zero-order valence-electron chi connectivity index (χ0n) is 20.0. The van der Waals surface area contributed by atoms with Crippen LogP contribution in [0.1, 0.15) is 30.7 Å². The quantitative estimate of drug-likeness (QED) is 0.268. The summed E-state index contributed by atoms with van der Waals surface area (Å²) in [6.45, 7) is 3.41. The van der Waals surface area contributed by atoms with Crippen LogP contribution < -0.4 is 10.5 Å². The second-order valence-electron chi connectivity index (χ2n) is 8.72. The molecule has 4 rings (SSSR count). The van der Waals surface area contributed by atoms with Crippen LogP contribution >= 0.6 is 23.4 Å². The van der Waals surface area contributed by atoms with E-state index in [1.807, 2.05) is 12.1 Å². The second-order valence-corrected chi connectivity index (χ2v) is 10.1. The zero-order chi connectivity index (χ0) is 26.6. The lowest BCUT2D eigenvalue weighted by Gasteiger charge is -2.18. The molecule has 0 saturated carbocycles. The number of hydrogen-bond donors (Lipinski definition) is 2. The first-order valence-electron chi connectivity index (χ1n) is 11.1. The van der Waals surface area contributed by atoms with E-state index in [0.717, 1.165) is 5.56 Å². The lowest BCUT2D eigenvalue weighted by atomic mass is 9.97. The van der Waals surface area contributed by atoms with E-state index in [1.54, 1.807) is 56.5 Å². The number of aliphatic hydroxyl groups is 1. The van der Waals surface area contributed by atoms with Crippen molar-refractivity contribution in [1.29, 1.82) is 10.5 Å². The van der Waals surface area contributed by atoms with Gasteiger partial charge in [-0.2, -0.15) is 10.5 Å². The number of hydrogen-bond acceptors (Lipinski definition) is 9. The van der Waals surface area contributed by atoms with Gasteiger partial charge in [-0.15, -0.1) is 0 Å². The van der Waals surface area contributed by atoms with Crippen LogP contribution in [0, 0.1) is 22.7 Å². The molecular formula is C27H22ClN5O3S. The maximum absolute atomic E-state index is 10.0. The fraction of sp³-hybridized carbons (Fsp3) is 0.185. The first-order chi connectivity index (χ1) is 17.7. The van der Waals surface area contributed by atoms with Crippen LogP contribution in [0.5, 0.6) is 5.75 Å². The van der Waals surface area contributed by atoms with E-state index in [9.17, 15) is 15.6 Å². The van der Waals surface area contributed by atoms with Crippen molar-refractivity contribution in [2.45, 2.75) is 30.2 Å². The Labute approximate surface area is 223 Å². The Morgan fingerprint density at radius 3 is 2.30 bits per heavy atom. The van der Waals surface area contributed by atoms with Crippen molar-refractivity contribution in [2.75, 3.05) is 12.3 Å². The lowest BCUT2D eigenvalue weighted by molar-refractivity contribution is 0.0285. The molecule has 0 saturated heterocycles. The van der Waals surface area contributed by atoms with Crippen molar-refractivity contribution in [3.8, 4) is 40.5 Å². The van der Waals surface area contributed by atoms with E-state index in [2.05, 4.69) is 22.1 Å². The summed E-state index contributed by atoms with van der Waals surface area (Å²) in [6.07, 6.45) is 1.54. The van der Waals surface area contributed by atoms with Crippen molar-refractivity contribution < 1.29 is 14.3 Å². The minimum absolute atomic E-state index is 0.0309. The van der Waals surface area contributed by atoms with Gasteiger partial charge in [-0.05, 0) is 55.8 Å². The molecule has 0 unspecified atom stereocenters. The van der Waals surface area contributed by atoms with Crippen LogP contribution in [0.4, 0.5) is 5.82 Å². The molecule has 0 aliphatic heterocycles. The summed E-state index contributed by atoms with van der Waals surface area (Å²) in [5.74, 6) is 1.39. The average molecular weight is 532 g/mol. The Morgan fingerprint density at radius 2 is 1.68 bits per heavy atom. The van der Waals surface area contributed by atoms with Gasteiger partial charge in [0.25, 0.3) is 0 Å². The number of pyridine rings is 1.